The van der Waals surface area contributed by atoms with Crippen molar-refractivity contribution in [2.75, 3.05) is 26.2 Å². The van der Waals surface area contributed by atoms with E-state index in [-0.39, 0.29) is 0 Å². The summed E-state index contributed by atoms with van der Waals surface area (Å²) in [4.78, 5) is 2.52. The normalized spacial score (nSPS) is 23.3. The van der Waals surface area contributed by atoms with E-state index < -0.39 is 0 Å². The zero-order chi connectivity index (χ0) is 12.2. The molecule has 4 nitrogen and oxygen atoms in total. The van der Waals surface area contributed by atoms with Gasteiger partial charge in [-0.3, -0.25) is 9.58 Å². The van der Waals surface area contributed by atoms with Crippen LogP contribution in [0.5, 0.6) is 0 Å². The van der Waals surface area contributed by atoms with Crippen molar-refractivity contribution in [3.8, 4) is 0 Å². The van der Waals surface area contributed by atoms with Crippen LogP contribution in [0.3, 0.4) is 0 Å². The maximum absolute atomic E-state index is 4.77. The van der Waals surface area contributed by atoms with E-state index in [9.17, 15) is 0 Å². The summed E-state index contributed by atoms with van der Waals surface area (Å²) < 4.78 is 2.21. The van der Waals surface area contributed by atoms with Gasteiger partial charge in [-0.1, -0.05) is 12.8 Å². The fourth-order valence-electron chi connectivity index (χ4n) is 3.12. The summed E-state index contributed by atoms with van der Waals surface area (Å²) in [6.45, 7) is 5.64. The minimum atomic E-state index is 0.671. The van der Waals surface area contributed by atoms with Crippen molar-refractivity contribution in [2.24, 2.45) is 0 Å². The Morgan fingerprint density at radius 3 is 2.94 bits per heavy atom. The Kier molecular flexibility index (Phi) is 3.96. The molecule has 1 aliphatic carbocycles. The molecule has 0 spiro atoms. The first kappa shape index (κ1) is 12.2. The smallest absolute Gasteiger partial charge is 0.0764 e. The zero-order valence-corrected chi connectivity index (χ0v) is 11.1. The van der Waals surface area contributed by atoms with E-state index in [1.807, 2.05) is 0 Å². The molecule has 18 heavy (non-hydrogen) atoms. The van der Waals surface area contributed by atoms with Gasteiger partial charge in [-0.25, -0.2) is 0 Å². The molecule has 0 unspecified atom stereocenters. The molecule has 3 rings (SSSR count). The van der Waals surface area contributed by atoms with E-state index in [4.69, 9.17) is 5.10 Å². The van der Waals surface area contributed by atoms with E-state index in [0.29, 0.717) is 6.04 Å². The van der Waals surface area contributed by atoms with Crippen molar-refractivity contribution in [2.45, 2.75) is 44.7 Å². The number of rotatable bonds is 3. The summed E-state index contributed by atoms with van der Waals surface area (Å²) in [7, 11) is 0. The van der Waals surface area contributed by atoms with Crippen LogP contribution >= 0.6 is 0 Å². The van der Waals surface area contributed by atoms with Crippen LogP contribution in [-0.2, 0) is 6.54 Å². The highest BCUT2D eigenvalue weighted by Gasteiger charge is 2.18. The number of nitrogens with one attached hydrogen (secondary N) is 1. The van der Waals surface area contributed by atoms with Crippen LogP contribution in [0.1, 0.15) is 43.8 Å². The van der Waals surface area contributed by atoms with Crippen molar-refractivity contribution in [3.63, 3.8) is 0 Å². The first-order valence-electron chi connectivity index (χ1n) is 7.39. The van der Waals surface area contributed by atoms with Gasteiger partial charge < -0.3 is 5.32 Å². The lowest BCUT2D eigenvalue weighted by Gasteiger charge is -2.17. The van der Waals surface area contributed by atoms with Gasteiger partial charge in [0.25, 0.3) is 0 Å². The molecule has 2 aliphatic rings. The third kappa shape index (κ3) is 2.93. The summed E-state index contributed by atoms with van der Waals surface area (Å²) >= 11 is 0. The summed E-state index contributed by atoms with van der Waals surface area (Å²) in [5.74, 6) is 0. The van der Waals surface area contributed by atoms with Gasteiger partial charge in [-0.2, -0.15) is 5.10 Å². The second kappa shape index (κ2) is 5.85. The predicted molar refractivity (Wildman–Crippen MR) is 72.5 cm³/mol. The Balaban J connectivity index is 1.58. The second-order valence-electron chi connectivity index (χ2n) is 5.61. The van der Waals surface area contributed by atoms with Crippen molar-refractivity contribution >= 4 is 0 Å². The van der Waals surface area contributed by atoms with Crippen LogP contribution < -0.4 is 5.32 Å². The molecule has 1 aliphatic heterocycles. The van der Waals surface area contributed by atoms with Crippen molar-refractivity contribution in [1.82, 2.24) is 20.0 Å². The minimum Gasteiger partial charge on any atom is -0.315 e. The lowest BCUT2D eigenvalue weighted by molar-refractivity contribution is 0.279. The number of hydrogen-bond donors (Lipinski definition) is 1. The van der Waals surface area contributed by atoms with Crippen LogP contribution in [0.4, 0.5) is 0 Å². The molecule has 0 amide bonds. The average molecular weight is 248 g/mol. The quantitative estimate of drug-likeness (QED) is 0.885. The van der Waals surface area contributed by atoms with E-state index in [2.05, 4.69) is 27.2 Å². The van der Waals surface area contributed by atoms with Crippen molar-refractivity contribution in [3.05, 3.63) is 18.0 Å². The largest absolute Gasteiger partial charge is 0.315 e. The van der Waals surface area contributed by atoms with Gasteiger partial charge in [-0.05, 0) is 38.4 Å². The highest BCUT2D eigenvalue weighted by molar-refractivity contribution is 5.00. The second-order valence-corrected chi connectivity index (χ2v) is 5.61. The molecule has 0 radical (unpaired) electrons. The molecule has 1 saturated carbocycles. The molecule has 4 heteroatoms. The lowest BCUT2D eigenvalue weighted by Crippen LogP contribution is -2.27. The van der Waals surface area contributed by atoms with Gasteiger partial charge in [0.1, 0.15) is 0 Å². The summed E-state index contributed by atoms with van der Waals surface area (Å²) in [6, 6.07) is 2.88. The molecule has 1 N–H and O–H groups in total. The Hall–Kier alpha value is -0.870. The Bertz CT molecular complexity index is 360. The minimum absolute atomic E-state index is 0.671. The monoisotopic (exact) mass is 248 g/mol. The average Bonchev–Trinajstić information content (AvgIpc) is 2.98. The van der Waals surface area contributed by atoms with Crippen molar-refractivity contribution < 1.29 is 0 Å². The van der Waals surface area contributed by atoms with Gasteiger partial charge in [0.05, 0.1) is 11.7 Å². The maximum atomic E-state index is 4.77. The molecule has 1 saturated heterocycles. The number of hydrogen-bond acceptors (Lipinski definition) is 3. The standard InChI is InChI=1S/C14H24N4/c1-2-5-14(4-1)18-10-6-13(16-18)12-17-9-3-7-15-8-11-17/h6,10,14-15H,1-5,7-9,11-12H2. The first-order chi connectivity index (χ1) is 8.92. The highest BCUT2D eigenvalue weighted by atomic mass is 15.3. The molecule has 2 heterocycles. The molecule has 0 bridgehead atoms. The highest BCUT2D eigenvalue weighted by Crippen LogP contribution is 2.28. The molecule has 1 aromatic heterocycles. The summed E-state index contributed by atoms with van der Waals surface area (Å²) in [5, 5.41) is 8.22. The van der Waals surface area contributed by atoms with E-state index in [1.165, 1.54) is 44.3 Å². The SMILES string of the molecule is c1cn(C2CCCC2)nc1CN1CCCNCC1. The van der Waals surface area contributed by atoms with Crippen LogP contribution in [-0.4, -0.2) is 40.9 Å². The number of nitrogens with zero attached hydrogens (tertiary/aromatic N) is 3. The van der Waals surface area contributed by atoms with E-state index >= 15 is 0 Å². The predicted octanol–water partition coefficient (Wildman–Crippen LogP) is 1.79. The Morgan fingerprint density at radius 2 is 2.06 bits per heavy atom. The zero-order valence-electron chi connectivity index (χ0n) is 11.1. The van der Waals surface area contributed by atoms with E-state index in [0.717, 1.165) is 26.2 Å². The molecule has 0 aromatic carbocycles. The van der Waals surface area contributed by atoms with Crippen LogP contribution in [0.15, 0.2) is 12.3 Å². The topological polar surface area (TPSA) is 33.1 Å². The fourth-order valence-corrected chi connectivity index (χ4v) is 3.12. The van der Waals surface area contributed by atoms with Crippen LogP contribution in [0.2, 0.25) is 0 Å². The third-order valence-electron chi connectivity index (χ3n) is 4.18. The summed E-state index contributed by atoms with van der Waals surface area (Å²) in [5.41, 5.74) is 1.24. The van der Waals surface area contributed by atoms with Gasteiger partial charge >= 0.3 is 0 Å². The lowest BCUT2D eigenvalue weighted by atomic mass is 10.3. The molecule has 100 valence electrons. The Morgan fingerprint density at radius 1 is 1.17 bits per heavy atom. The summed E-state index contributed by atoms with van der Waals surface area (Å²) in [6.07, 6.45) is 8.81. The molecule has 2 fully saturated rings. The van der Waals surface area contributed by atoms with Gasteiger partial charge in [0.15, 0.2) is 0 Å². The maximum Gasteiger partial charge on any atom is 0.0764 e. The van der Waals surface area contributed by atoms with Gasteiger partial charge in [0.2, 0.25) is 0 Å². The molecule has 0 atom stereocenters. The third-order valence-corrected chi connectivity index (χ3v) is 4.18. The van der Waals surface area contributed by atoms with Gasteiger partial charge in [0, 0.05) is 25.8 Å². The van der Waals surface area contributed by atoms with Crippen LogP contribution in [0.25, 0.3) is 0 Å². The Labute approximate surface area is 109 Å². The molecular formula is C14H24N4. The number of aromatic nitrogens is 2. The van der Waals surface area contributed by atoms with Crippen LogP contribution in [0, 0.1) is 0 Å². The molecular weight excluding hydrogens is 224 g/mol. The first-order valence-corrected chi connectivity index (χ1v) is 7.39. The van der Waals surface area contributed by atoms with E-state index in [1.54, 1.807) is 0 Å². The van der Waals surface area contributed by atoms with Gasteiger partial charge in [-0.15, -0.1) is 0 Å². The fraction of sp³-hybridized carbons (Fsp3) is 0.786. The van der Waals surface area contributed by atoms with Crippen molar-refractivity contribution in [1.29, 1.82) is 0 Å². The molecule has 1 aromatic rings.